The third kappa shape index (κ3) is 6.56. The number of amides is 4. The zero-order valence-corrected chi connectivity index (χ0v) is 28.1. The molecule has 5 aromatic rings. The highest BCUT2D eigenvalue weighted by Crippen LogP contribution is 2.36. The summed E-state index contributed by atoms with van der Waals surface area (Å²) in [5.41, 5.74) is 11.8. The van der Waals surface area contributed by atoms with Crippen molar-refractivity contribution in [1.29, 1.82) is 0 Å². The molecule has 3 aromatic carbocycles. The number of urea groups is 1. The number of benzene rings is 3. The predicted octanol–water partition coefficient (Wildman–Crippen LogP) is 6.45. The number of aromatic nitrogens is 4. The van der Waals surface area contributed by atoms with Gasteiger partial charge in [-0.3, -0.25) is 4.79 Å². The van der Waals surface area contributed by atoms with Gasteiger partial charge in [-0.2, -0.15) is 0 Å². The van der Waals surface area contributed by atoms with Crippen molar-refractivity contribution in [2.24, 2.45) is 5.73 Å². The van der Waals surface area contributed by atoms with Gasteiger partial charge in [0.25, 0.3) is 5.91 Å². The van der Waals surface area contributed by atoms with Crippen LogP contribution in [0.25, 0.3) is 33.6 Å². The summed E-state index contributed by atoms with van der Waals surface area (Å²) in [7, 11) is 3.55. The molecule has 4 heterocycles. The van der Waals surface area contributed by atoms with Gasteiger partial charge in [-0.05, 0) is 47.9 Å². The number of nitrogens with two attached hydrogens (primary N) is 1. The second-order valence-electron chi connectivity index (χ2n) is 13.0. The van der Waals surface area contributed by atoms with Crippen LogP contribution in [0.3, 0.4) is 0 Å². The van der Waals surface area contributed by atoms with Gasteiger partial charge in [0.2, 0.25) is 6.10 Å². The number of rotatable bonds is 8. The summed E-state index contributed by atoms with van der Waals surface area (Å²) in [5.74, 6) is 1.18. The standard InChI is InChI=1S/C38H40N8O4/c1-44(2)38(49)46-21-7-11-32(46)35-41-23-30(43-35)27-18-14-25(15-19-27)24-12-16-26(17-13-24)29-22-40-34(42-29)31-10-6-20-45(31)36(47)33(50-37(39)48)28-8-4-3-5-9-28/h3-5,8-9,12-19,22-23,31-33H,6-7,10-11,20-21H2,1-2H3,(H2,39,48)(H,40,42)(H,41,43)/t31-,32-,33+/m0/s1. The molecule has 2 aliphatic heterocycles. The number of nitrogens with one attached hydrogen (secondary N) is 2. The van der Waals surface area contributed by atoms with E-state index in [2.05, 4.69) is 56.3 Å². The number of hydrogen-bond donors (Lipinski definition) is 3. The van der Waals surface area contributed by atoms with E-state index in [1.165, 1.54) is 0 Å². The van der Waals surface area contributed by atoms with Crippen molar-refractivity contribution < 1.29 is 19.1 Å². The molecule has 0 spiro atoms. The quantitative estimate of drug-likeness (QED) is 0.172. The fraction of sp³-hybridized carbons (Fsp3) is 0.289. The lowest BCUT2D eigenvalue weighted by molar-refractivity contribution is -0.141. The number of aromatic amines is 2. The smallest absolute Gasteiger partial charge is 0.405 e. The Morgan fingerprint density at radius 3 is 1.72 bits per heavy atom. The van der Waals surface area contributed by atoms with E-state index in [1.54, 1.807) is 54.4 Å². The highest BCUT2D eigenvalue weighted by molar-refractivity contribution is 5.85. The van der Waals surface area contributed by atoms with Gasteiger partial charge >= 0.3 is 12.1 Å². The minimum atomic E-state index is -1.12. The molecule has 3 atom stereocenters. The summed E-state index contributed by atoms with van der Waals surface area (Å²) in [6.07, 6.45) is 4.90. The Bertz CT molecular complexity index is 1970. The molecule has 2 aliphatic rings. The van der Waals surface area contributed by atoms with Crippen molar-refractivity contribution in [2.45, 2.75) is 43.9 Å². The monoisotopic (exact) mass is 672 g/mol. The Morgan fingerprint density at radius 2 is 1.22 bits per heavy atom. The molecule has 12 heteroatoms. The summed E-state index contributed by atoms with van der Waals surface area (Å²) in [6, 6.07) is 25.2. The average Bonchev–Trinajstić information content (AvgIpc) is 3.97. The van der Waals surface area contributed by atoms with Crippen molar-refractivity contribution in [2.75, 3.05) is 27.2 Å². The maximum atomic E-state index is 13.7. The number of ether oxygens (including phenoxy) is 1. The number of likely N-dealkylation sites (tertiary alicyclic amines) is 2. The van der Waals surface area contributed by atoms with Crippen LogP contribution in [0, 0.1) is 0 Å². The Labute approximate surface area is 290 Å². The average molecular weight is 673 g/mol. The Balaban J connectivity index is 1.02. The number of imidazole rings is 2. The Hall–Kier alpha value is -5.91. The molecule has 2 saturated heterocycles. The minimum absolute atomic E-state index is 0.00668. The molecule has 0 bridgehead atoms. The van der Waals surface area contributed by atoms with Crippen LogP contribution >= 0.6 is 0 Å². The molecule has 0 saturated carbocycles. The van der Waals surface area contributed by atoms with E-state index in [0.717, 1.165) is 71.7 Å². The van der Waals surface area contributed by atoms with Crippen LogP contribution in [0.15, 0.2) is 91.3 Å². The van der Waals surface area contributed by atoms with E-state index < -0.39 is 12.2 Å². The molecule has 0 radical (unpaired) electrons. The maximum Gasteiger partial charge on any atom is 0.405 e. The van der Waals surface area contributed by atoms with Gasteiger partial charge in [0, 0.05) is 32.7 Å². The van der Waals surface area contributed by atoms with E-state index in [0.29, 0.717) is 17.9 Å². The fourth-order valence-electron chi connectivity index (χ4n) is 7.00. The highest BCUT2D eigenvalue weighted by atomic mass is 16.6. The molecule has 2 aromatic heterocycles. The van der Waals surface area contributed by atoms with Gasteiger partial charge in [-0.1, -0.05) is 78.9 Å². The van der Waals surface area contributed by atoms with Gasteiger partial charge in [0.1, 0.15) is 11.6 Å². The van der Waals surface area contributed by atoms with Crippen LogP contribution < -0.4 is 5.73 Å². The summed E-state index contributed by atoms with van der Waals surface area (Å²) in [5, 5.41) is 0. The first-order chi connectivity index (χ1) is 24.3. The topological polar surface area (TPSA) is 154 Å². The van der Waals surface area contributed by atoms with Crippen LogP contribution in [0.1, 0.15) is 61.1 Å². The zero-order chi connectivity index (χ0) is 34.8. The number of carbonyl (C=O) groups excluding carboxylic acids is 3. The lowest BCUT2D eigenvalue weighted by atomic mass is 10.0. The number of primary amides is 1. The number of H-pyrrole nitrogens is 2. The lowest BCUT2D eigenvalue weighted by Crippen LogP contribution is -2.38. The first-order valence-electron chi connectivity index (χ1n) is 16.9. The van der Waals surface area contributed by atoms with E-state index in [9.17, 15) is 14.4 Å². The molecular formula is C38H40N8O4. The molecule has 2 fully saturated rings. The molecule has 0 unspecified atom stereocenters. The summed E-state index contributed by atoms with van der Waals surface area (Å²) < 4.78 is 5.28. The second kappa shape index (κ2) is 13.9. The molecule has 256 valence electrons. The molecule has 12 nitrogen and oxygen atoms in total. The van der Waals surface area contributed by atoms with Crippen LogP contribution in [0.2, 0.25) is 0 Å². The summed E-state index contributed by atoms with van der Waals surface area (Å²) in [4.78, 5) is 59.4. The SMILES string of the molecule is CN(C)C(=O)N1CCC[C@H]1c1ncc(-c2ccc(-c3ccc(-c4cnc([C@@H]5CCCN5C(=O)[C@H](OC(N)=O)c5ccccc5)[nH]4)cc3)cc2)[nH]1. The van der Waals surface area contributed by atoms with E-state index in [-0.39, 0.29) is 24.0 Å². The fourth-order valence-corrected chi connectivity index (χ4v) is 7.00. The van der Waals surface area contributed by atoms with Gasteiger partial charge in [-0.15, -0.1) is 0 Å². The molecule has 50 heavy (non-hydrogen) atoms. The maximum absolute atomic E-state index is 13.7. The van der Waals surface area contributed by atoms with Crippen molar-refractivity contribution in [3.8, 4) is 33.6 Å². The summed E-state index contributed by atoms with van der Waals surface area (Å²) >= 11 is 0. The first-order valence-corrected chi connectivity index (χ1v) is 16.9. The molecular weight excluding hydrogens is 632 g/mol. The van der Waals surface area contributed by atoms with Gasteiger partial charge in [-0.25, -0.2) is 19.6 Å². The van der Waals surface area contributed by atoms with E-state index >= 15 is 0 Å². The van der Waals surface area contributed by atoms with Crippen molar-refractivity contribution in [3.05, 3.63) is 108 Å². The molecule has 4 N–H and O–H groups in total. The minimum Gasteiger partial charge on any atom is -0.431 e. The number of hydrogen-bond acceptors (Lipinski definition) is 6. The van der Waals surface area contributed by atoms with Gasteiger partial charge in [0.15, 0.2) is 0 Å². The number of carbonyl (C=O) groups is 3. The van der Waals surface area contributed by atoms with Crippen LogP contribution in [-0.2, 0) is 9.53 Å². The van der Waals surface area contributed by atoms with Crippen LogP contribution in [0.4, 0.5) is 9.59 Å². The van der Waals surface area contributed by atoms with Crippen molar-refractivity contribution >= 4 is 18.0 Å². The molecule has 4 amide bonds. The largest absolute Gasteiger partial charge is 0.431 e. The third-order valence-electron chi connectivity index (χ3n) is 9.52. The third-order valence-corrected chi connectivity index (χ3v) is 9.52. The predicted molar refractivity (Wildman–Crippen MR) is 188 cm³/mol. The summed E-state index contributed by atoms with van der Waals surface area (Å²) in [6.45, 7) is 1.26. The Kier molecular flexibility index (Phi) is 9.07. The molecule has 7 rings (SSSR count). The second-order valence-corrected chi connectivity index (χ2v) is 13.0. The zero-order valence-electron chi connectivity index (χ0n) is 28.1. The Morgan fingerprint density at radius 1 is 0.740 bits per heavy atom. The van der Waals surface area contributed by atoms with E-state index in [4.69, 9.17) is 10.5 Å². The van der Waals surface area contributed by atoms with Gasteiger partial charge in [0.05, 0.1) is 35.9 Å². The van der Waals surface area contributed by atoms with Gasteiger partial charge < -0.3 is 35.1 Å². The van der Waals surface area contributed by atoms with Crippen molar-refractivity contribution in [1.82, 2.24) is 34.6 Å². The molecule has 0 aliphatic carbocycles. The van der Waals surface area contributed by atoms with Crippen LogP contribution in [-0.4, -0.2) is 79.9 Å². The van der Waals surface area contributed by atoms with E-state index in [1.807, 2.05) is 29.3 Å². The first kappa shape index (κ1) is 32.6. The number of nitrogens with zero attached hydrogens (tertiary/aromatic N) is 5. The normalized spacial score (nSPS) is 17.9. The highest BCUT2D eigenvalue weighted by Gasteiger charge is 2.38. The van der Waals surface area contributed by atoms with Crippen LogP contribution in [0.5, 0.6) is 0 Å². The van der Waals surface area contributed by atoms with Crippen molar-refractivity contribution in [3.63, 3.8) is 0 Å². The lowest BCUT2D eigenvalue weighted by Gasteiger charge is -2.27.